The molecular formula is C20H21NO4. The molecule has 0 spiro atoms. The number of anilines is 1. The van der Waals surface area contributed by atoms with Crippen LogP contribution in [0.5, 0.6) is 11.5 Å². The number of hydrogen-bond donors (Lipinski definition) is 1. The molecule has 0 aromatic heterocycles. The summed E-state index contributed by atoms with van der Waals surface area (Å²) >= 11 is 0. The Morgan fingerprint density at radius 1 is 1.08 bits per heavy atom. The smallest absolute Gasteiger partial charge is 0.255 e. The number of hydrogen-bond acceptors (Lipinski definition) is 4. The third-order valence-electron chi connectivity index (χ3n) is 4.38. The lowest BCUT2D eigenvalue weighted by Crippen LogP contribution is -2.37. The van der Waals surface area contributed by atoms with E-state index in [-0.39, 0.29) is 17.7 Å². The van der Waals surface area contributed by atoms with Crippen LogP contribution >= 0.6 is 0 Å². The van der Waals surface area contributed by atoms with Crippen LogP contribution in [0.25, 0.3) is 0 Å². The molecule has 0 saturated heterocycles. The van der Waals surface area contributed by atoms with E-state index in [1.807, 2.05) is 43.3 Å². The van der Waals surface area contributed by atoms with Crippen LogP contribution in [-0.2, 0) is 9.53 Å². The van der Waals surface area contributed by atoms with E-state index in [2.05, 4.69) is 0 Å². The van der Waals surface area contributed by atoms with Gasteiger partial charge in [0.1, 0.15) is 17.3 Å². The number of aryl methyl sites for hydroxylation is 1. The predicted molar refractivity (Wildman–Crippen MR) is 95.8 cm³/mol. The number of carbonyl (C=O) groups is 1. The van der Waals surface area contributed by atoms with Crippen molar-refractivity contribution in [2.45, 2.75) is 19.4 Å². The number of rotatable bonds is 4. The van der Waals surface area contributed by atoms with E-state index < -0.39 is 0 Å². The normalized spacial score (nSPS) is 17.2. The van der Waals surface area contributed by atoms with Crippen LogP contribution in [0.2, 0.25) is 0 Å². The van der Waals surface area contributed by atoms with Crippen molar-refractivity contribution in [3.63, 3.8) is 0 Å². The minimum Gasteiger partial charge on any atom is -0.506 e. The first kappa shape index (κ1) is 16.9. The highest BCUT2D eigenvalue weighted by molar-refractivity contribution is 6.04. The Hall–Kier alpha value is -2.95. The average Bonchev–Trinajstić information content (AvgIpc) is 2.63. The van der Waals surface area contributed by atoms with Crippen molar-refractivity contribution < 1.29 is 19.4 Å². The van der Waals surface area contributed by atoms with E-state index in [0.29, 0.717) is 17.9 Å². The Bertz CT molecular complexity index is 811. The highest BCUT2D eigenvalue weighted by atomic mass is 16.5. The molecule has 3 rings (SSSR count). The monoisotopic (exact) mass is 339 g/mol. The number of methoxy groups -OCH3 is 2. The zero-order chi connectivity index (χ0) is 18.0. The average molecular weight is 339 g/mol. The Kier molecular flexibility index (Phi) is 4.65. The Balaban J connectivity index is 2.09. The van der Waals surface area contributed by atoms with Gasteiger partial charge in [-0.05, 0) is 42.3 Å². The molecule has 2 aromatic rings. The molecule has 0 aliphatic carbocycles. The minimum absolute atomic E-state index is 0.0757. The molecule has 5 heteroatoms. The summed E-state index contributed by atoms with van der Waals surface area (Å²) in [6.45, 7) is 1.93. The maximum Gasteiger partial charge on any atom is 0.255 e. The second kappa shape index (κ2) is 6.89. The summed E-state index contributed by atoms with van der Waals surface area (Å²) < 4.78 is 10.5. The predicted octanol–water partition coefficient (Wildman–Crippen LogP) is 3.72. The van der Waals surface area contributed by atoms with Crippen LogP contribution in [0.1, 0.15) is 23.6 Å². The van der Waals surface area contributed by atoms with Gasteiger partial charge in [-0.2, -0.15) is 0 Å². The van der Waals surface area contributed by atoms with E-state index in [4.69, 9.17) is 9.47 Å². The van der Waals surface area contributed by atoms with Gasteiger partial charge in [0.2, 0.25) is 0 Å². The molecule has 0 unspecified atom stereocenters. The highest BCUT2D eigenvalue weighted by Gasteiger charge is 2.33. The van der Waals surface area contributed by atoms with Crippen LogP contribution in [0.3, 0.4) is 0 Å². The van der Waals surface area contributed by atoms with Crippen molar-refractivity contribution in [2.24, 2.45) is 0 Å². The van der Waals surface area contributed by atoms with Gasteiger partial charge in [0.05, 0.1) is 25.9 Å². The molecule has 0 bridgehead atoms. The fraction of sp³-hybridized carbons (Fsp3) is 0.250. The third kappa shape index (κ3) is 3.31. The first-order valence-corrected chi connectivity index (χ1v) is 8.05. The molecule has 0 radical (unpaired) electrons. The van der Waals surface area contributed by atoms with Gasteiger partial charge >= 0.3 is 0 Å². The number of phenolic OH excluding ortho intramolecular Hbond substituents is 1. The summed E-state index contributed by atoms with van der Waals surface area (Å²) in [5, 5.41) is 10.3. The molecule has 2 aromatic carbocycles. The van der Waals surface area contributed by atoms with E-state index in [0.717, 1.165) is 16.9 Å². The molecule has 1 aliphatic rings. The molecular weight excluding hydrogens is 318 g/mol. The summed E-state index contributed by atoms with van der Waals surface area (Å²) in [6, 6.07) is 12.5. The van der Waals surface area contributed by atoms with Gasteiger partial charge in [0.25, 0.3) is 5.91 Å². The topological polar surface area (TPSA) is 59.0 Å². The van der Waals surface area contributed by atoms with Gasteiger partial charge in [-0.15, -0.1) is 0 Å². The number of aromatic hydroxyl groups is 1. The molecule has 1 atom stereocenters. The molecule has 1 heterocycles. The number of benzene rings is 2. The van der Waals surface area contributed by atoms with E-state index >= 15 is 0 Å². The van der Waals surface area contributed by atoms with E-state index in [9.17, 15) is 9.90 Å². The van der Waals surface area contributed by atoms with Gasteiger partial charge in [-0.1, -0.05) is 18.2 Å². The second-order valence-electron chi connectivity index (χ2n) is 6.01. The molecule has 25 heavy (non-hydrogen) atoms. The molecule has 0 saturated carbocycles. The number of carbonyl (C=O) groups excluding carboxylic acids is 1. The molecule has 130 valence electrons. The number of ether oxygens (including phenoxy) is 2. The zero-order valence-electron chi connectivity index (χ0n) is 14.5. The fourth-order valence-corrected chi connectivity index (χ4v) is 3.05. The second-order valence-corrected chi connectivity index (χ2v) is 6.01. The van der Waals surface area contributed by atoms with Gasteiger partial charge in [0.15, 0.2) is 0 Å². The maximum atomic E-state index is 12.8. The summed E-state index contributed by atoms with van der Waals surface area (Å²) in [6.07, 6.45) is 2.00. The quantitative estimate of drug-likeness (QED) is 0.922. The SMILES string of the molecule is COC1=CC(=O)N(c2cc(C)ccc2O)[C@@H](c2ccc(OC)cc2)C1. The van der Waals surface area contributed by atoms with Crippen LogP contribution < -0.4 is 9.64 Å². The number of phenols is 1. The van der Waals surface area contributed by atoms with Gasteiger partial charge < -0.3 is 14.6 Å². The lowest BCUT2D eigenvalue weighted by Gasteiger charge is -2.35. The third-order valence-corrected chi connectivity index (χ3v) is 4.38. The molecule has 0 fully saturated rings. The maximum absolute atomic E-state index is 12.8. The Morgan fingerprint density at radius 3 is 2.44 bits per heavy atom. The molecule has 5 nitrogen and oxygen atoms in total. The standard InChI is InChI=1S/C20H21NO4/c1-13-4-9-19(22)18(10-13)21-17(11-16(25-3)12-20(21)23)14-5-7-15(24-2)8-6-14/h4-10,12,17,22H,11H2,1-3H3/t17-/m1/s1. The van der Waals surface area contributed by atoms with Gasteiger partial charge in [-0.25, -0.2) is 0 Å². The lowest BCUT2D eigenvalue weighted by molar-refractivity contribution is -0.115. The van der Waals surface area contributed by atoms with Crippen molar-refractivity contribution in [1.29, 1.82) is 0 Å². The Morgan fingerprint density at radius 2 is 1.80 bits per heavy atom. The minimum atomic E-state index is -0.272. The molecule has 1 N–H and O–H groups in total. The Labute approximate surface area is 147 Å². The van der Waals surface area contributed by atoms with Crippen LogP contribution in [0.4, 0.5) is 5.69 Å². The van der Waals surface area contributed by atoms with Crippen molar-refractivity contribution in [2.75, 3.05) is 19.1 Å². The number of nitrogens with zero attached hydrogens (tertiary/aromatic N) is 1. The summed E-state index contributed by atoms with van der Waals surface area (Å²) in [5.41, 5.74) is 2.41. The summed E-state index contributed by atoms with van der Waals surface area (Å²) in [5.74, 6) is 1.23. The highest BCUT2D eigenvalue weighted by Crippen LogP contribution is 2.40. The summed E-state index contributed by atoms with van der Waals surface area (Å²) in [4.78, 5) is 14.4. The summed E-state index contributed by atoms with van der Waals surface area (Å²) in [7, 11) is 3.17. The van der Waals surface area contributed by atoms with E-state index in [1.165, 1.54) is 6.08 Å². The first-order valence-electron chi connectivity index (χ1n) is 8.05. The number of amides is 1. The zero-order valence-corrected chi connectivity index (χ0v) is 14.5. The van der Waals surface area contributed by atoms with Crippen molar-refractivity contribution in [3.8, 4) is 11.5 Å². The largest absolute Gasteiger partial charge is 0.506 e. The van der Waals surface area contributed by atoms with Crippen molar-refractivity contribution in [1.82, 2.24) is 0 Å². The van der Waals surface area contributed by atoms with Gasteiger partial charge in [0, 0.05) is 12.5 Å². The van der Waals surface area contributed by atoms with Crippen LogP contribution in [0, 0.1) is 6.92 Å². The molecule has 1 aliphatic heterocycles. The molecule has 1 amide bonds. The van der Waals surface area contributed by atoms with Gasteiger partial charge in [-0.3, -0.25) is 9.69 Å². The first-order chi connectivity index (χ1) is 12.0. The van der Waals surface area contributed by atoms with Crippen molar-refractivity contribution in [3.05, 3.63) is 65.4 Å². The fourth-order valence-electron chi connectivity index (χ4n) is 3.05. The van der Waals surface area contributed by atoms with Crippen molar-refractivity contribution >= 4 is 11.6 Å². The van der Waals surface area contributed by atoms with Crippen LogP contribution in [0.15, 0.2) is 54.3 Å². The lowest BCUT2D eigenvalue weighted by atomic mass is 9.96. The van der Waals surface area contributed by atoms with Crippen LogP contribution in [-0.4, -0.2) is 25.2 Å². The van der Waals surface area contributed by atoms with E-state index in [1.54, 1.807) is 25.2 Å².